The van der Waals surface area contributed by atoms with E-state index in [0.717, 1.165) is 11.4 Å². The lowest BCUT2D eigenvalue weighted by molar-refractivity contribution is 0.834. The number of hydrogen-bond acceptors (Lipinski definition) is 10. The molecule has 0 bridgehead atoms. The van der Waals surface area contributed by atoms with Gasteiger partial charge in [0.05, 0.1) is 11.4 Å². The summed E-state index contributed by atoms with van der Waals surface area (Å²) < 4.78 is 2.46. The van der Waals surface area contributed by atoms with Crippen LogP contribution in [0.5, 0.6) is 0 Å². The Morgan fingerprint density at radius 3 is 1.25 bits per heavy atom. The number of para-hydroxylation sites is 2. The van der Waals surface area contributed by atoms with E-state index in [4.69, 9.17) is 48.9 Å². The van der Waals surface area contributed by atoms with E-state index in [0.29, 0.717) is 30.4 Å². The number of thiocarbonyl (C=S) groups is 4. The van der Waals surface area contributed by atoms with Crippen LogP contribution in [-0.4, -0.2) is 30.4 Å². The highest BCUT2D eigenvalue weighted by molar-refractivity contribution is 8.90. The first kappa shape index (κ1) is 27.2. The maximum absolute atomic E-state index is 5.30. The third-order valence-electron chi connectivity index (χ3n) is 3.22. The molecule has 6 nitrogen and oxygen atoms in total. The number of hydrazine groups is 2. The summed E-state index contributed by atoms with van der Waals surface area (Å²) in [6.07, 6.45) is 0. The van der Waals surface area contributed by atoms with Crippen LogP contribution in [0.3, 0.4) is 0 Å². The van der Waals surface area contributed by atoms with Crippen molar-refractivity contribution in [3.05, 3.63) is 60.7 Å². The summed E-state index contributed by atoms with van der Waals surface area (Å²) in [6.45, 7) is 1.27. The van der Waals surface area contributed by atoms with Crippen LogP contribution in [0, 0.1) is 0 Å². The van der Waals surface area contributed by atoms with Crippen molar-refractivity contribution >= 4 is 121 Å². The van der Waals surface area contributed by atoms with Gasteiger partial charge in [-0.3, -0.25) is 21.7 Å². The lowest BCUT2D eigenvalue weighted by Gasteiger charge is -2.12. The molecular formula is C18H20N6S8. The van der Waals surface area contributed by atoms with E-state index in [1.54, 1.807) is 0 Å². The summed E-state index contributed by atoms with van der Waals surface area (Å²) in [6, 6.07) is 19.5. The summed E-state index contributed by atoms with van der Waals surface area (Å²) in [7, 11) is 5.52. The molecule has 0 amide bonds. The normalized spacial score (nSPS) is 9.88. The Bertz CT molecular complexity index is 810. The Labute approximate surface area is 225 Å². The van der Waals surface area contributed by atoms with Gasteiger partial charge in [0.2, 0.25) is 0 Å². The summed E-state index contributed by atoms with van der Waals surface area (Å²) in [5, 5.41) is 6.30. The SMILES string of the molecule is S=C(NCCNC(=S)SSC(=S)NNc1ccccc1)SSC(=S)NNc1ccccc1. The van der Waals surface area contributed by atoms with Gasteiger partial charge in [-0.05, 0) is 67.4 Å². The zero-order chi connectivity index (χ0) is 23.0. The van der Waals surface area contributed by atoms with Gasteiger partial charge in [-0.25, -0.2) is 0 Å². The topological polar surface area (TPSA) is 72.2 Å². The molecule has 2 aromatic carbocycles. The molecule has 32 heavy (non-hydrogen) atoms. The molecule has 0 saturated heterocycles. The Hall–Kier alpha value is -1.00. The lowest BCUT2D eigenvalue weighted by atomic mass is 10.3. The molecule has 170 valence electrons. The standard InChI is InChI=1S/C18H20N6S8/c25-15(29-31-17(27)23-21-13-7-3-1-4-8-13)19-11-12-20-16(26)30-32-18(28)24-22-14-9-5-2-6-10-14/h1-10,21-22H,11-12H2,(H,19,25)(H,20,26)(H,23,27)(H,24,28). The molecule has 2 rings (SSSR count). The molecule has 0 heterocycles. The van der Waals surface area contributed by atoms with Gasteiger partial charge in [0.1, 0.15) is 8.64 Å². The molecule has 0 aromatic heterocycles. The molecule has 0 aliphatic rings. The fourth-order valence-corrected chi connectivity index (χ4v) is 5.72. The van der Waals surface area contributed by atoms with Crippen molar-refractivity contribution in [1.29, 1.82) is 0 Å². The maximum Gasteiger partial charge on any atom is 0.163 e. The molecule has 0 fully saturated rings. The van der Waals surface area contributed by atoms with Crippen LogP contribution < -0.4 is 32.3 Å². The second kappa shape index (κ2) is 16.6. The third kappa shape index (κ3) is 12.9. The average Bonchev–Trinajstić information content (AvgIpc) is 2.82. The highest BCUT2D eigenvalue weighted by Gasteiger charge is 2.04. The molecule has 0 atom stereocenters. The van der Waals surface area contributed by atoms with Crippen molar-refractivity contribution < 1.29 is 0 Å². The van der Waals surface area contributed by atoms with Crippen LogP contribution >= 0.6 is 92.0 Å². The zero-order valence-electron chi connectivity index (χ0n) is 16.5. The van der Waals surface area contributed by atoms with Gasteiger partial charge in [-0.1, -0.05) is 85.3 Å². The molecule has 0 unspecified atom stereocenters. The second-order valence-electron chi connectivity index (χ2n) is 5.57. The van der Waals surface area contributed by atoms with Crippen LogP contribution in [0.4, 0.5) is 11.4 Å². The molecule has 0 aliphatic heterocycles. The molecule has 0 spiro atoms. The molecule has 2 aromatic rings. The Balaban J connectivity index is 1.46. The lowest BCUT2D eigenvalue weighted by Crippen LogP contribution is -2.31. The Morgan fingerprint density at radius 2 is 0.875 bits per heavy atom. The smallest absolute Gasteiger partial charge is 0.163 e. The number of rotatable bonds is 7. The number of hydrogen-bond donors (Lipinski definition) is 6. The quantitative estimate of drug-likeness (QED) is 0.112. The first-order chi connectivity index (χ1) is 15.5. The largest absolute Gasteiger partial charge is 0.369 e. The van der Waals surface area contributed by atoms with Crippen LogP contribution in [0.25, 0.3) is 0 Å². The zero-order valence-corrected chi connectivity index (χ0v) is 23.0. The monoisotopic (exact) mass is 576 g/mol. The van der Waals surface area contributed by atoms with Gasteiger partial charge in [-0.15, -0.1) is 0 Å². The predicted molar refractivity (Wildman–Crippen MR) is 163 cm³/mol. The Morgan fingerprint density at radius 1 is 0.531 bits per heavy atom. The van der Waals surface area contributed by atoms with E-state index < -0.39 is 0 Å². The average molecular weight is 577 g/mol. The van der Waals surface area contributed by atoms with Crippen LogP contribution in [0.15, 0.2) is 60.7 Å². The second-order valence-corrected chi connectivity index (χ2v) is 12.5. The third-order valence-corrected chi connectivity index (χ3v) is 9.74. The van der Waals surface area contributed by atoms with Crippen molar-refractivity contribution in [2.75, 3.05) is 23.9 Å². The summed E-state index contributed by atoms with van der Waals surface area (Å²) in [4.78, 5) is 0. The van der Waals surface area contributed by atoms with Crippen molar-refractivity contribution in [3.63, 3.8) is 0 Å². The molecular weight excluding hydrogens is 557 g/mol. The van der Waals surface area contributed by atoms with E-state index in [9.17, 15) is 0 Å². The number of nitrogens with one attached hydrogen (secondary N) is 6. The molecule has 0 aliphatic carbocycles. The minimum Gasteiger partial charge on any atom is -0.369 e. The van der Waals surface area contributed by atoms with Crippen molar-refractivity contribution in [1.82, 2.24) is 21.5 Å². The minimum absolute atomic E-state index is 0.585. The van der Waals surface area contributed by atoms with E-state index in [2.05, 4.69) is 32.3 Å². The number of anilines is 2. The first-order valence-electron chi connectivity index (χ1n) is 8.99. The summed E-state index contributed by atoms with van der Waals surface area (Å²) in [5.41, 5.74) is 13.9. The van der Waals surface area contributed by atoms with Gasteiger partial charge < -0.3 is 10.6 Å². The van der Waals surface area contributed by atoms with Crippen LogP contribution in [-0.2, 0) is 0 Å². The maximum atomic E-state index is 5.30. The highest BCUT2D eigenvalue weighted by atomic mass is 33.1. The van der Waals surface area contributed by atoms with Crippen LogP contribution in [0.1, 0.15) is 0 Å². The fraction of sp³-hybridized carbons (Fsp3) is 0.111. The van der Waals surface area contributed by atoms with Gasteiger partial charge >= 0.3 is 0 Å². The molecule has 14 heteroatoms. The van der Waals surface area contributed by atoms with Crippen molar-refractivity contribution in [2.45, 2.75) is 0 Å². The van der Waals surface area contributed by atoms with Gasteiger partial charge in [0.25, 0.3) is 0 Å². The molecule has 6 N–H and O–H groups in total. The molecule has 0 radical (unpaired) electrons. The van der Waals surface area contributed by atoms with E-state index >= 15 is 0 Å². The van der Waals surface area contributed by atoms with Crippen molar-refractivity contribution in [2.24, 2.45) is 0 Å². The molecule has 0 saturated carbocycles. The summed E-state index contributed by atoms with van der Waals surface area (Å²) >= 11 is 21.1. The van der Waals surface area contributed by atoms with Gasteiger partial charge in [-0.2, -0.15) is 0 Å². The van der Waals surface area contributed by atoms with Crippen LogP contribution in [0.2, 0.25) is 0 Å². The first-order valence-corrected chi connectivity index (χ1v) is 14.9. The minimum atomic E-state index is 0.585. The fourth-order valence-electron chi connectivity index (χ4n) is 1.87. The van der Waals surface area contributed by atoms with E-state index in [-0.39, 0.29) is 0 Å². The summed E-state index contributed by atoms with van der Waals surface area (Å²) in [5.74, 6) is 0. The van der Waals surface area contributed by atoms with E-state index in [1.807, 2.05) is 60.7 Å². The van der Waals surface area contributed by atoms with Crippen molar-refractivity contribution in [3.8, 4) is 0 Å². The number of benzene rings is 2. The van der Waals surface area contributed by atoms with E-state index in [1.165, 1.54) is 43.2 Å². The van der Waals surface area contributed by atoms with Gasteiger partial charge in [0.15, 0.2) is 8.64 Å². The van der Waals surface area contributed by atoms with Gasteiger partial charge in [0, 0.05) is 13.1 Å². The highest BCUT2D eigenvalue weighted by Crippen LogP contribution is 2.24. The Kier molecular flexibility index (Phi) is 14.1. The predicted octanol–water partition coefficient (Wildman–Crippen LogP) is 5.30.